The van der Waals surface area contributed by atoms with Crippen LogP contribution in [0.25, 0.3) is 0 Å². The maximum absolute atomic E-state index is 12.6. The Kier molecular flexibility index (Phi) is 7.62. The molecular weight excluding hydrogens is 400 g/mol. The second kappa shape index (κ2) is 11.0. The third-order valence-electron chi connectivity index (χ3n) is 5.99. The van der Waals surface area contributed by atoms with Crippen molar-refractivity contribution in [3.63, 3.8) is 0 Å². The molecule has 2 aromatic carbocycles. The van der Waals surface area contributed by atoms with Gasteiger partial charge in [0.1, 0.15) is 11.5 Å². The van der Waals surface area contributed by atoms with Gasteiger partial charge in [-0.15, -0.1) is 0 Å². The van der Waals surface area contributed by atoms with Gasteiger partial charge in [0.05, 0.1) is 13.7 Å². The summed E-state index contributed by atoms with van der Waals surface area (Å²) < 4.78 is 11.3. The van der Waals surface area contributed by atoms with Crippen molar-refractivity contribution in [1.82, 2.24) is 10.2 Å². The van der Waals surface area contributed by atoms with E-state index < -0.39 is 0 Å². The molecule has 32 heavy (non-hydrogen) atoms. The minimum Gasteiger partial charge on any atom is -0.497 e. The molecule has 5 nitrogen and oxygen atoms in total. The Morgan fingerprint density at radius 1 is 0.938 bits per heavy atom. The minimum atomic E-state index is -0.106. The van der Waals surface area contributed by atoms with E-state index in [1.165, 1.54) is 30.4 Å². The Morgan fingerprint density at radius 2 is 1.69 bits per heavy atom. The van der Waals surface area contributed by atoms with Gasteiger partial charge in [-0.2, -0.15) is 0 Å². The Bertz CT molecular complexity index is 993. The number of hydrogen-bond donors (Lipinski definition) is 1. The molecule has 0 radical (unpaired) electrons. The lowest BCUT2D eigenvalue weighted by Gasteiger charge is -2.22. The van der Waals surface area contributed by atoms with Gasteiger partial charge in [0.15, 0.2) is 5.76 Å². The Balaban J connectivity index is 1.44. The number of benzene rings is 2. The van der Waals surface area contributed by atoms with E-state index in [-0.39, 0.29) is 11.9 Å². The van der Waals surface area contributed by atoms with Crippen LogP contribution in [0.1, 0.15) is 59.5 Å². The van der Waals surface area contributed by atoms with Crippen LogP contribution in [0.4, 0.5) is 0 Å². The lowest BCUT2D eigenvalue weighted by Crippen LogP contribution is -2.35. The molecule has 1 aliphatic rings. The topological polar surface area (TPSA) is 54.7 Å². The summed E-state index contributed by atoms with van der Waals surface area (Å²) in [7, 11) is 1.68. The fraction of sp³-hybridized carbons (Fsp3) is 0.370. The molecule has 0 atom stereocenters. The number of carbonyl (C=O) groups is 1. The number of ether oxygens (including phenoxy) is 1. The van der Waals surface area contributed by atoms with E-state index in [1.54, 1.807) is 13.2 Å². The zero-order valence-corrected chi connectivity index (χ0v) is 18.8. The number of hydrogen-bond acceptors (Lipinski definition) is 4. The molecule has 5 heteroatoms. The lowest BCUT2D eigenvalue weighted by atomic mass is 9.95. The van der Waals surface area contributed by atoms with Crippen molar-refractivity contribution < 1.29 is 13.9 Å². The van der Waals surface area contributed by atoms with Crippen LogP contribution in [-0.4, -0.2) is 24.0 Å². The molecular formula is C27H32N2O3. The first-order valence-electron chi connectivity index (χ1n) is 11.5. The molecule has 1 saturated carbocycles. The first-order chi connectivity index (χ1) is 15.7. The van der Waals surface area contributed by atoms with Gasteiger partial charge in [-0.1, -0.05) is 61.7 Å². The molecule has 1 heterocycles. The summed E-state index contributed by atoms with van der Waals surface area (Å²) in [5.41, 5.74) is 2.40. The maximum Gasteiger partial charge on any atom is 0.287 e. The summed E-state index contributed by atoms with van der Waals surface area (Å²) in [6, 6.07) is 22.5. The Labute approximate surface area is 190 Å². The SMILES string of the molecule is COc1cccc(CN(Cc2ccccc2)Cc2ccc(C(=O)NC3CCCCC3)o2)c1. The van der Waals surface area contributed by atoms with E-state index in [4.69, 9.17) is 9.15 Å². The number of nitrogens with zero attached hydrogens (tertiary/aromatic N) is 1. The molecule has 1 amide bonds. The molecule has 0 bridgehead atoms. The number of carbonyl (C=O) groups excluding carboxylic acids is 1. The Hall–Kier alpha value is -3.05. The number of furan rings is 1. The Morgan fingerprint density at radius 3 is 2.47 bits per heavy atom. The highest BCUT2D eigenvalue weighted by atomic mass is 16.5. The fourth-order valence-electron chi connectivity index (χ4n) is 4.35. The van der Waals surface area contributed by atoms with Gasteiger partial charge in [-0.3, -0.25) is 9.69 Å². The molecule has 1 N–H and O–H groups in total. The maximum atomic E-state index is 12.6. The predicted octanol–water partition coefficient (Wildman–Crippen LogP) is 5.55. The second-order valence-electron chi connectivity index (χ2n) is 8.56. The molecule has 0 aliphatic heterocycles. The van der Waals surface area contributed by atoms with Crippen molar-refractivity contribution in [2.75, 3.05) is 7.11 Å². The monoisotopic (exact) mass is 432 g/mol. The van der Waals surface area contributed by atoms with Gasteiger partial charge < -0.3 is 14.5 Å². The van der Waals surface area contributed by atoms with Crippen LogP contribution in [0.5, 0.6) is 5.75 Å². The molecule has 1 fully saturated rings. The average molecular weight is 433 g/mol. The molecule has 1 aliphatic carbocycles. The highest BCUT2D eigenvalue weighted by molar-refractivity contribution is 5.91. The third-order valence-corrected chi connectivity index (χ3v) is 5.99. The quantitative estimate of drug-likeness (QED) is 0.481. The van der Waals surface area contributed by atoms with E-state index in [0.29, 0.717) is 12.3 Å². The van der Waals surface area contributed by atoms with Crippen molar-refractivity contribution in [1.29, 1.82) is 0 Å². The molecule has 168 valence electrons. The molecule has 0 spiro atoms. The van der Waals surface area contributed by atoms with E-state index in [2.05, 4.69) is 46.6 Å². The van der Waals surface area contributed by atoms with Gasteiger partial charge in [-0.05, 0) is 48.2 Å². The van der Waals surface area contributed by atoms with E-state index >= 15 is 0 Å². The third kappa shape index (κ3) is 6.24. The summed E-state index contributed by atoms with van der Waals surface area (Å²) in [6.45, 7) is 2.14. The second-order valence-corrected chi connectivity index (χ2v) is 8.56. The highest BCUT2D eigenvalue weighted by Crippen LogP contribution is 2.20. The standard InChI is InChI=1S/C27H32N2O3/c1-31-24-14-8-11-22(17-24)19-29(18-21-9-4-2-5-10-21)20-25-15-16-26(32-25)27(30)28-23-12-6-3-7-13-23/h2,4-5,8-11,14-17,23H,3,6-7,12-13,18-20H2,1H3,(H,28,30). The molecule has 0 saturated heterocycles. The average Bonchev–Trinajstić information content (AvgIpc) is 3.29. The van der Waals surface area contributed by atoms with Crippen molar-refractivity contribution in [3.8, 4) is 5.75 Å². The zero-order chi connectivity index (χ0) is 22.2. The van der Waals surface area contributed by atoms with Crippen LogP contribution in [0.2, 0.25) is 0 Å². The number of methoxy groups -OCH3 is 1. The number of amides is 1. The van der Waals surface area contributed by atoms with Crippen LogP contribution < -0.4 is 10.1 Å². The number of nitrogens with one attached hydrogen (secondary N) is 1. The first-order valence-corrected chi connectivity index (χ1v) is 11.5. The van der Waals surface area contributed by atoms with Gasteiger partial charge >= 0.3 is 0 Å². The van der Waals surface area contributed by atoms with Crippen LogP contribution in [0, 0.1) is 0 Å². The van der Waals surface area contributed by atoms with Crippen LogP contribution in [-0.2, 0) is 19.6 Å². The minimum absolute atomic E-state index is 0.106. The molecule has 4 rings (SSSR count). The fourth-order valence-corrected chi connectivity index (χ4v) is 4.35. The van der Waals surface area contributed by atoms with Crippen molar-refractivity contribution in [3.05, 3.63) is 89.4 Å². The normalized spacial score (nSPS) is 14.4. The van der Waals surface area contributed by atoms with E-state index in [9.17, 15) is 4.79 Å². The first kappa shape index (κ1) is 22.2. The predicted molar refractivity (Wildman–Crippen MR) is 125 cm³/mol. The number of rotatable bonds is 9. The van der Waals surface area contributed by atoms with Crippen LogP contribution in [0.15, 0.2) is 71.1 Å². The smallest absolute Gasteiger partial charge is 0.287 e. The van der Waals surface area contributed by atoms with Crippen molar-refractivity contribution in [2.45, 2.75) is 57.8 Å². The molecule has 0 unspecified atom stereocenters. The summed E-state index contributed by atoms with van der Waals surface area (Å²) in [6.07, 6.45) is 5.76. The zero-order valence-electron chi connectivity index (χ0n) is 18.8. The molecule has 3 aromatic rings. The highest BCUT2D eigenvalue weighted by Gasteiger charge is 2.19. The van der Waals surface area contributed by atoms with Crippen LogP contribution >= 0.6 is 0 Å². The van der Waals surface area contributed by atoms with Crippen molar-refractivity contribution in [2.24, 2.45) is 0 Å². The van der Waals surface area contributed by atoms with Gasteiger partial charge in [0.2, 0.25) is 0 Å². The van der Waals surface area contributed by atoms with E-state index in [1.807, 2.05) is 24.3 Å². The molecule has 1 aromatic heterocycles. The van der Waals surface area contributed by atoms with Crippen molar-refractivity contribution >= 4 is 5.91 Å². The lowest BCUT2D eigenvalue weighted by molar-refractivity contribution is 0.0895. The van der Waals surface area contributed by atoms with E-state index in [0.717, 1.165) is 37.4 Å². The van der Waals surface area contributed by atoms with Gasteiger partial charge in [0.25, 0.3) is 5.91 Å². The summed E-state index contributed by atoms with van der Waals surface area (Å²) in [5, 5.41) is 3.13. The summed E-state index contributed by atoms with van der Waals surface area (Å²) in [5.74, 6) is 1.93. The van der Waals surface area contributed by atoms with Crippen LogP contribution in [0.3, 0.4) is 0 Å². The largest absolute Gasteiger partial charge is 0.497 e. The summed E-state index contributed by atoms with van der Waals surface area (Å²) in [4.78, 5) is 14.9. The summed E-state index contributed by atoms with van der Waals surface area (Å²) >= 11 is 0. The van der Waals surface area contributed by atoms with Gasteiger partial charge in [-0.25, -0.2) is 0 Å². The van der Waals surface area contributed by atoms with Gasteiger partial charge in [0, 0.05) is 19.1 Å².